The zero-order valence-electron chi connectivity index (χ0n) is 20.8. The number of aromatic nitrogens is 3. The van der Waals surface area contributed by atoms with E-state index in [1.807, 2.05) is 19.9 Å². The third-order valence-corrected chi connectivity index (χ3v) is 7.13. The zero-order valence-corrected chi connectivity index (χ0v) is 20.8. The number of aliphatic hydroxyl groups excluding tert-OH is 3. The van der Waals surface area contributed by atoms with E-state index in [0.717, 1.165) is 29.9 Å². The van der Waals surface area contributed by atoms with Crippen LogP contribution in [0.2, 0.25) is 0 Å². The van der Waals surface area contributed by atoms with Gasteiger partial charge in [0.2, 0.25) is 11.8 Å². The molecule has 0 amide bonds. The normalized spacial score (nSPS) is 23.9. The Morgan fingerprint density at radius 1 is 1.08 bits per heavy atom. The summed E-state index contributed by atoms with van der Waals surface area (Å²) < 4.78 is 6.08. The topological polar surface area (TPSA) is 137 Å². The number of hydrogen-bond donors (Lipinski definition) is 5. The number of benzene rings is 1. The standard InChI is InChI=1S/C27H33N5O4/c1-14-8-10-17(11-9-14)15(2)28-27-29-16(3)22(26-31-19-6-4-5-7-21(19)36-26)25(32-27)30-20-12-18(13-33)23(34)24(20)35/h5,7-11,15,18,20,23-24,33-35H,4,6,12-13H2,1-3H3,(H2,28,29,30,32)/t15-,18-,20-,23-,24+/m1/s1. The molecule has 0 saturated heterocycles. The molecule has 1 aromatic carbocycles. The van der Waals surface area contributed by atoms with Gasteiger partial charge in [-0.2, -0.15) is 4.98 Å². The Kier molecular flexibility index (Phi) is 6.79. The lowest BCUT2D eigenvalue weighted by molar-refractivity contribution is 0.00446. The maximum Gasteiger partial charge on any atom is 0.232 e. The van der Waals surface area contributed by atoms with Crippen molar-refractivity contribution in [2.75, 3.05) is 17.2 Å². The van der Waals surface area contributed by atoms with Gasteiger partial charge >= 0.3 is 0 Å². The van der Waals surface area contributed by atoms with Gasteiger partial charge in [0.15, 0.2) is 5.76 Å². The van der Waals surface area contributed by atoms with Crippen LogP contribution in [0.1, 0.15) is 54.1 Å². The number of allylic oxidation sites excluding steroid dienone is 1. The number of hydrogen-bond acceptors (Lipinski definition) is 9. The first kappa shape index (κ1) is 24.4. The summed E-state index contributed by atoms with van der Waals surface area (Å²) in [7, 11) is 0. The minimum atomic E-state index is -1.05. The highest BCUT2D eigenvalue weighted by atomic mass is 16.4. The van der Waals surface area contributed by atoms with Crippen LogP contribution in [0.3, 0.4) is 0 Å². The highest BCUT2D eigenvalue weighted by Gasteiger charge is 2.41. The average Bonchev–Trinajstić information content (AvgIpc) is 3.40. The maximum atomic E-state index is 10.6. The summed E-state index contributed by atoms with van der Waals surface area (Å²) in [6.45, 7) is 5.77. The molecule has 0 unspecified atom stereocenters. The van der Waals surface area contributed by atoms with Crippen molar-refractivity contribution in [3.8, 4) is 11.5 Å². The van der Waals surface area contributed by atoms with Gasteiger partial charge in [0.25, 0.3) is 0 Å². The second-order valence-electron chi connectivity index (χ2n) is 9.81. The molecule has 2 heterocycles. The van der Waals surface area contributed by atoms with Gasteiger partial charge in [0, 0.05) is 12.5 Å². The van der Waals surface area contributed by atoms with Crippen molar-refractivity contribution in [2.45, 2.75) is 64.3 Å². The van der Waals surface area contributed by atoms with Gasteiger partial charge in [-0.25, -0.2) is 9.97 Å². The fourth-order valence-electron chi connectivity index (χ4n) is 4.94. The molecule has 2 aliphatic carbocycles. The van der Waals surface area contributed by atoms with E-state index < -0.39 is 24.2 Å². The van der Waals surface area contributed by atoms with Crippen molar-refractivity contribution in [2.24, 2.45) is 5.92 Å². The molecule has 190 valence electrons. The van der Waals surface area contributed by atoms with Gasteiger partial charge in [-0.15, -0.1) is 0 Å². The van der Waals surface area contributed by atoms with Crippen LogP contribution in [0, 0.1) is 19.8 Å². The Morgan fingerprint density at radius 2 is 1.86 bits per heavy atom. The summed E-state index contributed by atoms with van der Waals surface area (Å²) in [6.07, 6.45) is 4.04. The zero-order chi connectivity index (χ0) is 25.4. The lowest BCUT2D eigenvalue weighted by Gasteiger charge is -2.22. The molecule has 1 fully saturated rings. The van der Waals surface area contributed by atoms with E-state index in [-0.39, 0.29) is 12.6 Å². The molecule has 5 N–H and O–H groups in total. The second-order valence-corrected chi connectivity index (χ2v) is 9.81. The molecule has 0 spiro atoms. The molecule has 3 aromatic rings. The fraction of sp³-hybridized carbons (Fsp3) is 0.444. The van der Waals surface area contributed by atoms with E-state index in [4.69, 9.17) is 19.4 Å². The number of oxazole rings is 1. The van der Waals surface area contributed by atoms with Crippen LogP contribution < -0.4 is 10.6 Å². The van der Waals surface area contributed by atoms with Gasteiger partial charge in [-0.3, -0.25) is 0 Å². The number of aliphatic hydroxyl groups is 3. The van der Waals surface area contributed by atoms with Crippen LogP contribution in [0.25, 0.3) is 17.5 Å². The van der Waals surface area contributed by atoms with Crippen LogP contribution in [0.15, 0.2) is 34.8 Å². The molecule has 0 radical (unpaired) electrons. The van der Waals surface area contributed by atoms with Crippen molar-refractivity contribution in [1.82, 2.24) is 15.0 Å². The minimum Gasteiger partial charge on any atom is -0.436 e. The summed E-state index contributed by atoms with van der Waals surface area (Å²) in [4.78, 5) is 14.2. The predicted octanol–water partition coefficient (Wildman–Crippen LogP) is 3.40. The summed E-state index contributed by atoms with van der Waals surface area (Å²) in [5.41, 5.74) is 4.47. The fourth-order valence-corrected chi connectivity index (χ4v) is 4.94. The molecule has 9 heteroatoms. The number of anilines is 2. The molecule has 5 rings (SSSR count). The van der Waals surface area contributed by atoms with E-state index in [1.165, 1.54) is 5.56 Å². The van der Waals surface area contributed by atoms with E-state index >= 15 is 0 Å². The first-order valence-corrected chi connectivity index (χ1v) is 12.5. The van der Waals surface area contributed by atoms with Crippen molar-refractivity contribution in [3.05, 3.63) is 58.6 Å². The highest BCUT2D eigenvalue weighted by molar-refractivity contribution is 5.74. The van der Waals surface area contributed by atoms with Crippen molar-refractivity contribution in [3.63, 3.8) is 0 Å². The Bertz CT molecular complexity index is 1260. The third kappa shape index (κ3) is 4.74. The predicted molar refractivity (Wildman–Crippen MR) is 137 cm³/mol. The molecule has 2 aliphatic rings. The number of aryl methyl sites for hydroxylation is 3. The number of nitrogens with one attached hydrogen (secondary N) is 2. The number of nitrogens with zero attached hydrogens (tertiary/aromatic N) is 3. The van der Waals surface area contributed by atoms with Crippen LogP contribution >= 0.6 is 0 Å². The second kappa shape index (κ2) is 10.0. The summed E-state index contributed by atoms with van der Waals surface area (Å²) in [6, 6.07) is 7.74. The van der Waals surface area contributed by atoms with Gasteiger partial charge in [0.05, 0.1) is 29.6 Å². The lowest BCUT2D eigenvalue weighted by atomic mass is 10.1. The van der Waals surface area contributed by atoms with Gasteiger partial charge in [-0.1, -0.05) is 35.9 Å². The minimum absolute atomic E-state index is 0.0412. The molecule has 0 aliphatic heterocycles. The number of rotatable bonds is 7. The molecule has 9 nitrogen and oxygen atoms in total. The van der Waals surface area contributed by atoms with Crippen LogP contribution in [-0.4, -0.2) is 55.1 Å². The van der Waals surface area contributed by atoms with Crippen molar-refractivity contribution in [1.29, 1.82) is 0 Å². The molecule has 5 atom stereocenters. The van der Waals surface area contributed by atoms with Crippen LogP contribution in [0.4, 0.5) is 11.8 Å². The van der Waals surface area contributed by atoms with E-state index in [2.05, 4.69) is 47.9 Å². The molecule has 1 saturated carbocycles. The largest absolute Gasteiger partial charge is 0.436 e. The summed E-state index contributed by atoms with van der Waals surface area (Å²) in [5.74, 6) is 1.61. The van der Waals surface area contributed by atoms with Crippen LogP contribution in [0.5, 0.6) is 0 Å². The molecular formula is C27H33N5O4. The third-order valence-electron chi connectivity index (χ3n) is 7.13. The first-order chi connectivity index (χ1) is 17.3. The van der Waals surface area contributed by atoms with Crippen molar-refractivity contribution < 1.29 is 19.7 Å². The van der Waals surface area contributed by atoms with E-state index in [1.54, 1.807) is 0 Å². The molecule has 36 heavy (non-hydrogen) atoms. The Balaban J connectivity index is 1.51. The maximum absolute atomic E-state index is 10.6. The van der Waals surface area contributed by atoms with E-state index in [0.29, 0.717) is 35.3 Å². The Hall–Kier alpha value is -3.27. The Labute approximate surface area is 210 Å². The number of fused-ring (bicyclic) bond motifs is 1. The van der Waals surface area contributed by atoms with Crippen LogP contribution in [-0.2, 0) is 6.42 Å². The SMILES string of the molecule is Cc1ccc([C@@H](C)Nc2nc(C)c(-c3nc4c(o3)C=CCC4)c(N[C@@H]3C[C@H](CO)[C@@H](O)[C@H]3O)n2)cc1. The van der Waals surface area contributed by atoms with E-state index in [9.17, 15) is 15.3 Å². The molecule has 0 bridgehead atoms. The first-order valence-electron chi connectivity index (χ1n) is 12.5. The smallest absolute Gasteiger partial charge is 0.232 e. The molecule has 2 aromatic heterocycles. The average molecular weight is 492 g/mol. The summed E-state index contributed by atoms with van der Waals surface area (Å²) in [5, 5.41) is 37.3. The van der Waals surface area contributed by atoms with Gasteiger partial charge in [0.1, 0.15) is 17.5 Å². The monoisotopic (exact) mass is 491 g/mol. The van der Waals surface area contributed by atoms with Crippen molar-refractivity contribution >= 4 is 17.8 Å². The Morgan fingerprint density at radius 3 is 2.56 bits per heavy atom. The summed E-state index contributed by atoms with van der Waals surface area (Å²) >= 11 is 0. The van der Waals surface area contributed by atoms with Gasteiger partial charge < -0.3 is 30.4 Å². The molecular weight excluding hydrogens is 458 g/mol. The quantitative estimate of drug-likeness (QED) is 0.337. The highest BCUT2D eigenvalue weighted by Crippen LogP contribution is 2.36. The lowest BCUT2D eigenvalue weighted by Crippen LogP contribution is -2.35. The van der Waals surface area contributed by atoms with Gasteiger partial charge in [-0.05, 0) is 51.7 Å².